The molecule has 2 unspecified atom stereocenters. The van der Waals surface area contributed by atoms with E-state index in [1.54, 1.807) is 6.07 Å². The van der Waals surface area contributed by atoms with Crippen LogP contribution in [0.1, 0.15) is 13.8 Å². The second-order valence-electron chi connectivity index (χ2n) is 4.05. The van der Waals surface area contributed by atoms with Gasteiger partial charge in [-0.25, -0.2) is 9.78 Å². The zero-order chi connectivity index (χ0) is 12.8. The highest BCUT2D eigenvalue weighted by molar-refractivity contribution is 5.76. The van der Waals surface area contributed by atoms with Crippen LogP contribution >= 0.6 is 0 Å². The van der Waals surface area contributed by atoms with Crippen LogP contribution in [0.3, 0.4) is 0 Å². The van der Waals surface area contributed by atoms with Gasteiger partial charge in [-0.1, -0.05) is 6.92 Å². The zero-order valence-corrected chi connectivity index (χ0v) is 9.96. The number of nitrogens with one attached hydrogen (secondary N) is 1. The quantitative estimate of drug-likeness (QED) is 0.717. The Morgan fingerprint density at radius 3 is 2.88 bits per heavy atom. The predicted molar refractivity (Wildman–Crippen MR) is 62.4 cm³/mol. The zero-order valence-electron chi connectivity index (χ0n) is 9.96. The van der Waals surface area contributed by atoms with Crippen LogP contribution in [0.15, 0.2) is 23.3 Å². The number of rotatable bonds is 5. The van der Waals surface area contributed by atoms with Crippen molar-refractivity contribution in [2.24, 2.45) is 5.92 Å². The molecule has 0 bridgehead atoms. The lowest BCUT2D eigenvalue weighted by Gasteiger charge is -2.19. The second-order valence-corrected chi connectivity index (χ2v) is 4.05. The van der Waals surface area contributed by atoms with Crippen molar-refractivity contribution in [3.8, 4) is 0 Å². The fourth-order valence-corrected chi connectivity index (χ4v) is 1.26. The fourth-order valence-electron chi connectivity index (χ4n) is 1.26. The summed E-state index contributed by atoms with van der Waals surface area (Å²) in [6.07, 6.45) is 2.89. The number of aliphatic hydroxyl groups excluding tert-OH is 1. The van der Waals surface area contributed by atoms with E-state index in [9.17, 15) is 9.59 Å². The van der Waals surface area contributed by atoms with Gasteiger partial charge in [-0.05, 0) is 18.9 Å². The summed E-state index contributed by atoms with van der Waals surface area (Å²) in [5.74, 6) is -0.294. The Bertz CT molecular complexity index is 430. The van der Waals surface area contributed by atoms with Crippen LogP contribution in [-0.4, -0.2) is 33.2 Å². The number of carbonyl (C=O) groups excluding carboxylic acids is 1. The van der Waals surface area contributed by atoms with Crippen molar-refractivity contribution in [2.45, 2.75) is 26.4 Å². The Hall–Kier alpha value is -1.69. The molecule has 2 N–H and O–H groups in total. The lowest BCUT2D eigenvalue weighted by Crippen LogP contribution is -2.41. The van der Waals surface area contributed by atoms with Crippen molar-refractivity contribution < 1.29 is 9.90 Å². The van der Waals surface area contributed by atoms with Gasteiger partial charge in [0.2, 0.25) is 5.91 Å². The van der Waals surface area contributed by atoms with Gasteiger partial charge in [0.05, 0.1) is 0 Å². The number of hydrogen-bond acceptors (Lipinski definition) is 4. The molecule has 0 saturated heterocycles. The summed E-state index contributed by atoms with van der Waals surface area (Å²) in [5.41, 5.74) is -0.453. The van der Waals surface area contributed by atoms with E-state index in [1.165, 1.54) is 17.0 Å². The largest absolute Gasteiger partial charge is 0.396 e. The topological polar surface area (TPSA) is 84.2 Å². The van der Waals surface area contributed by atoms with Crippen LogP contribution in [0.25, 0.3) is 0 Å². The Morgan fingerprint density at radius 1 is 1.59 bits per heavy atom. The minimum Gasteiger partial charge on any atom is -0.396 e. The highest BCUT2D eigenvalue weighted by Gasteiger charge is 2.14. The fraction of sp³-hybridized carbons (Fsp3) is 0.545. The van der Waals surface area contributed by atoms with Crippen molar-refractivity contribution in [3.63, 3.8) is 0 Å². The van der Waals surface area contributed by atoms with Crippen molar-refractivity contribution in [1.29, 1.82) is 0 Å². The number of aliphatic hydroxyl groups is 1. The highest BCUT2D eigenvalue weighted by atomic mass is 16.3. The molecule has 6 heteroatoms. The number of hydrogen-bond donors (Lipinski definition) is 2. The van der Waals surface area contributed by atoms with Gasteiger partial charge in [-0.3, -0.25) is 9.36 Å². The van der Waals surface area contributed by atoms with Crippen molar-refractivity contribution >= 4 is 5.91 Å². The molecule has 17 heavy (non-hydrogen) atoms. The van der Waals surface area contributed by atoms with Crippen LogP contribution in [0.2, 0.25) is 0 Å². The third-order valence-corrected chi connectivity index (χ3v) is 2.63. The maximum Gasteiger partial charge on any atom is 0.347 e. The van der Waals surface area contributed by atoms with E-state index in [2.05, 4.69) is 10.3 Å². The van der Waals surface area contributed by atoms with Crippen molar-refractivity contribution in [3.05, 3.63) is 28.9 Å². The molecule has 94 valence electrons. The third kappa shape index (κ3) is 3.99. The molecule has 1 aromatic heterocycles. The van der Waals surface area contributed by atoms with Crippen molar-refractivity contribution in [2.75, 3.05) is 6.61 Å². The van der Waals surface area contributed by atoms with Gasteiger partial charge in [-0.15, -0.1) is 0 Å². The van der Waals surface area contributed by atoms with Crippen LogP contribution < -0.4 is 11.0 Å². The maximum atomic E-state index is 11.6. The van der Waals surface area contributed by atoms with Gasteiger partial charge in [0, 0.05) is 25.0 Å². The Kier molecular flexibility index (Phi) is 4.84. The van der Waals surface area contributed by atoms with Crippen LogP contribution in [-0.2, 0) is 11.3 Å². The first-order valence-corrected chi connectivity index (χ1v) is 5.46. The first-order chi connectivity index (χ1) is 8.04. The van der Waals surface area contributed by atoms with E-state index in [0.29, 0.717) is 0 Å². The monoisotopic (exact) mass is 239 g/mol. The summed E-state index contributed by atoms with van der Waals surface area (Å²) in [7, 11) is 0. The Morgan fingerprint density at radius 2 is 2.29 bits per heavy atom. The molecule has 2 atom stereocenters. The van der Waals surface area contributed by atoms with Gasteiger partial charge < -0.3 is 10.4 Å². The smallest absolute Gasteiger partial charge is 0.347 e. The van der Waals surface area contributed by atoms with Crippen LogP contribution in [0.4, 0.5) is 0 Å². The molecule has 0 aliphatic rings. The minimum absolute atomic E-state index is 0.00822. The number of carbonyl (C=O) groups is 1. The van der Waals surface area contributed by atoms with E-state index in [0.717, 1.165) is 0 Å². The van der Waals surface area contributed by atoms with Gasteiger partial charge in [0.25, 0.3) is 0 Å². The van der Waals surface area contributed by atoms with Gasteiger partial charge in [-0.2, -0.15) is 0 Å². The van der Waals surface area contributed by atoms with Crippen molar-refractivity contribution in [1.82, 2.24) is 14.9 Å². The standard InChI is InChI=1S/C11H17N3O3/c1-8(7-15)9(2)13-10(16)6-14-5-3-4-12-11(14)17/h3-5,8-9,15H,6-7H2,1-2H3,(H,13,16). The molecule has 0 aromatic carbocycles. The lowest BCUT2D eigenvalue weighted by molar-refractivity contribution is -0.122. The Labute approximate surface area is 99.3 Å². The SMILES string of the molecule is CC(CO)C(C)NC(=O)Cn1cccnc1=O. The molecule has 0 spiro atoms. The van der Waals surface area contributed by atoms with E-state index < -0.39 is 5.69 Å². The molecule has 1 aromatic rings. The highest BCUT2D eigenvalue weighted by Crippen LogP contribution is 2.00. The molecule has 0 aliphatic carbocycles. The second kappa shape index (κ2) is 6.15. The first-order valence-electron chi connectivity index (χ1n) is 5.46. The maximum absolute atomic E-state index is 11.6. The van der Waals surface area contributed by atoms with Crippen LogP contribution in [0.5, 0.6) is 0 Å². The summed E-state index contributed by atoms with van der Waals surface area (Å²) in [5, 5.41) is 11.7. The summed E-state index contributed by atoms with van der Waals surface area (Å²) in [6, 6.07) is 1.45. The molecular weight excluding hydrogens is 222 g/mol. The molecule has 0 radical (unpaired) electrons. The van der Waals surface area contributed by atoms with E-state index in [1.807, 2.05) is 13.8 Å². The van der Waals surface area contributed by atoms with E-state index in [4.69, 9.17) is 5.11 Å². The van der Waals surface area contributed by atoms with Gasteiger partial charge >= 0.3 is 5.69 Å². The van der Waals surface area contributed by atoms with Crippen LogP contribution in [0, 0.1) is 5.92 Å². The van der Waals surface area contributed by atoms with E-state index in [-0.39, 0.29) is 31.0 Å². The molecule has 6 nitrogen and oxygen atoms in total. The van der Waals surface area contributed by atoms with Gasteiger partial charge in [0.1, 0.15) is 6.54 Å². The first kappa shape index (κ1) is 13.4. The number of amides is 1. The predicted octanol–water partition coefficient (Wildman–Crippen LogP) is -0.624. The molecule has 1 amide bonds. The molecule has 0 fully saturated rings. The summed E-state index contributed by atoms with van der Waals surface area (Å²) in [6.45, 7) is 3.59. The molecule has 1 heterocycles. The van der Waals surface area contributed by atoms with Gasteiger partial charge in [0.15, 0.2) is 0 Å². The number of nitrogens with zero attached hydrogens (tertiary/aromatic N) is 2. The lowest BCUT2D eigenvalue weighted by atomic mass is 10.1. The summed E-state index contributed by atoms with van der Waals surface area (Å²) in [4.78, 5) is 26.4. The third-order valence-electron chi connectivity index (χ3n) is 2.63. The molecular formula is C11H17N3O3. The average Bonchev–Trinajstić information content (AvgIpc) is 2.31. The summed E-state index contributed by atoms with van der Waals surface area (Å²) < 4.78 is 1.23. The Balaban J connectivity index is 2.56. The number of aromatic nitrogens is 2. The molecule has 1 rings (SSSR count). The normalized spacial score (nSPS) is 14.1. The summed E-state index contributed by atoms with van der Waals surface area (Å²) >= 11 is 0. The average molecular weight is 239 g/mol. The molecule has 0 saturated carbocycles. The minimum atomic E-state index is -0.453. The van der Waals surface area contributed by atoms with E-state index >= 15 is 0 Å². The molecule has 0 aliphatic heterocycles.